The highest BCUT2D eigenvalue weighted by molar-refractivity contribution is 8.76. The topological polar surface area (TPSA) is 26.3 Å². The summed E-state index contributed by atoms with van der Waals surface area (Å²) in [4.78, 5) is 11.1. The van der Waals surface area contributed by atoms with Crippen LogP contribution in [0.15, 0.2) is 0 Å². The molecule has 0 unspecified atom stereocenters. The lowest BCUT2D eigenvalue weighted by Gasteiger charge is -2.26. The standard InChI is InChI=1S/C12H24O2S2/c1-5-12(3,16-15-4)10-8-7-9-11(13)14-6-2/h5-10H2,1-4H3/t12-/m0/s1. The molecule has 0 aromatic heterocycles. The van der Waals surface area contributed by atoms with Gasteiger partial charge in [-0.3, -0.25) is 4.79 Å². The molecule has 2 nitrogen and oxygen atoms in total. The first-order valence-corrected chi connectivity index (χ1v) is 8.51. The maximum Gasteiger partial charge on any atom is 0.305 e. The fraction of sp³-hybridized carbons (Fsp3) is 0.917. The Balaban J connectivity index is 3.66. The molecule has 0 aromatic carbocycles. The molecule has 0 radical (unpaired) electrons. The minimum Gasteiger partial charge on any atom is -0.466 e. The van der Waals surface area contributed by atoms with Crippen LogP contribution in [0.2, 0.25) is 0 Å². The molecule has 0 saturated heterocycles. The van der Waals surface area contributed by atoms with Crippen molar-refractivity contribution in [3.8, 4) is 0 Å². The lowest BCUT2D eigenvalue weighted by atomic mass is 10.00. The Hall–Kier alpha value is 0.170. The van der Waals surface area contributed by atoms with Crippen LogP contribution in [0.4, 0.5) is 0 Å². The largest absolute Gasteiger partial charge is 0.466 e. The third-order valence-electron chi connectivity index (χ3n) is 2.67. The van der Waals surface area contributed by atoms with Gasteiger partial charge in [-0.05, 0) is 39.4 Å². The second-order valence-corrected chi connectivity index (χ2v) is 7.05. The summed E-state index contributed by atoms with van der Waals surface area (Å²) < 4.78 is 5.25. The molecular formula is C12H24O2S2. The summed E-state index contributed by atoms with van der Waals surface area (Å²) in [6.07, 6.45) is 7.10. The molecule has 0 saturated carbocycles. The highest BCUT2D eigenvalue weighted by Crippen LogP contribution is 2.40. The van der Waals surface area contributed by atoms with Crippen LogP contribution in [0.5, 0.6) is 0 Å². The number of unbranched alkanes of at least 4 members (excludes halogenated alkanes) is 1. The van der Waals surface area contributed by atoms with Crippen molar-refractivity contribution in [2.75, 3.05) is 12.9 Å². The summed E-state index contributed by atoms with van der Waals surface area (Å²) in [5.74, 6) is -0.0572. The molecular weight excluding hydrogens is 240 g/mol. The molecule has 0 aliphatic heterocycles. The highest BCUT2D eigenvalue weighted by Gasteiger charge is 2.21. The Morgan fingerprint density at radius 1 is 1.31 bits per heavy atom. The molecule has 0 N–H and O–H groups in total. The number of hydrogen-bond acceptors (Lipinski definition) is 4. The van der Waals surface area contributed by atoms with E-state index in [0.29, 0.717) is 17.8 Å². The normalized spacial score (nSPS) is 14.5. The third kappa shape index (κ3) is 7.44. The van der Waals surface area contributed by atoms with E-state index in [9.17, 15) is 4.79 Å². The lowest BCUT2D eigenvalue weighted by molar-refractivity contribution is -0.143. The van der Waals surface area contributed by atoms with Gasteiger partial charge in [-0.1, -0.05) is 34.9 Å². The molecule has 0 bridgehead atoms. The van der Waals surface area contributed by atoms with Crippen molar-refractivity contribution in [2.45, 2.75) is 57.6 Å². The van der Waals surface area contributed by atoms with Crippen LogP contribution in [0.1, 0.15) is 52.9 Å². The Kier molecular flexibility index (Phi) is 9.32. The molecule has 0 rings (SSSR count). The van der Waals surface area contributed by atoms with Crippen LogP contribution in [0.25, 0.3) is 0 Å². The van der Waals surface area contributed by atoms with Crippen molar-refractivity contribution in [3.63, 3.8) is 0 Å². The average molecular weight is 264 g/mol. The van der Waals surface area contributed by atoms with E-state index in [1.807, 2.05) is 28.5 Å². The summed E-state index contributed by atoms with van der Waals surface area (Å²) >= 11 is 0. The fourth-order valence-corrected chi connectivity index (χ4v) is 4.04. The monoisotopic (exact) mass is 264 g/mol. The van der Waals surface area contributed by atoms with Gasteiger partial charge in [0.15, 0.2) is 0 Å². The van der Waals surface area contributed by atoms with Gasteiger partial charge in [-0.25, -0.2) is 0 Å². The number of hydrogen-bond donors (Lipinski definition) is 0. The number of rotatable bonds is 9. The highest BCUT2D eigenvalue weighted by atomic mass is 33.1. The zero-order valence-corrected chi connectivity index (χ0v) is 12.5. The van der Waals surface area contributed by atoms with Gasteiger partial charge in [0, 0.05) is 11.2 Å². The van der Waals surface area contributed by atoms with Crippen molar-refractivity contribution in [2.24, 2.45) is 0 Å². The second-order valence-electron chi connectivity index (χ2n) is 4.07. The smallest absolute Gasteiger partial charge is 0.305 e. The van der Waals surface area contributed by atoms with Crippen LogP contribution in [0, 0.1) is 0 Å². The molecule has 1 atom stereocenters. The van der Waals surface area contributed by atoms with E-state index in [4.69, 9.17) is 4.74 Å². The van der Waals surface area contributed by atoms with Gasteiger partial charge in [0.05, 0.1) is 6.61 Å². The zero-order chi connectivity index (χ0) is 12.4. The molecule has 0 amide bonds. The van der Waals surface area contributed by atoms with Gasteiger partial charge in [0.1, 0.15) is 0 Å². The van der Waals surface area contributed by atoms with Crippen LogP contribution in [0.3, 0.4) is 0 Å². The summed E-state index contributed by atoms with van der Waals surface area (Å²) in [7, 11) is 3.78. The van der Waals surface area contributed by atoms with E-state index >= 15 is 0 Å². The van der Waals surface area contributed by atoms with Gasteiger partial charge in [-0.2, -0.15) is 0 Å². The van der Waals surface area contributed by atoms with Crippen LogP contribution >= 0.6 is 21.6 Å². The molecule has 0 spiro atoms. The molecule has 0 aliphatic carbocycles. The zero-order valence-electron chi connectivity index (χ0n) is 10.9. The minimum atomic E-state index is -0.0572. The SMILES string of the molecule is CCOC(=O)CCCC[C@](C)(CC)SSC. The first kappa shape index (κ1) is 16.2. The van der Waals surface area contributed by atoms with Crippen molar-refractivity contribution in [1.29, 1.82) is 0 Å². The Morgan fingerprint density at radius 3 is 2.50 bits per heavy atom. The van der Waals surface area contributed by atoms with Crippen molar-refractivity contribution < 1.29 is 9.53 Å². The van der Waals surface area contributed by atoms with Gasteiger partial charge in [0.2, 0.25) is 0 Å². The summed E-state index contributed by atoms with van der Waals surface area (Å²) in [6.45, 7) is 6.88. The predicted octanol–water partition coefficient (Wildman–Crippen LogP) is 4.29. The minimum absolute atomic E-state index is 0.0572. The molecule has 96 valence electrons. The maximum atomic E-state index is 11.1. The predicted molar refractivity (Wildman–Crippen MR) is 74.9 cm³/mol. The molecule has 0 heterocycles. The Bertz CT molecular complexity index is 197. The van der Waals surface area contributed by atoms with E-state index in [1.165, 1.54) is 12.8 Å². The van der Waals surface area contributed by atoms with Crippen LogP contribution < -0.4 is 0 Å². The van der Waals surface area contributed by atoms with E-state index in [1.54, 1.807) is 0 Å². The van der Waals surface area contributed by atoms with E-state index < -0.39 is 0 Å². The molecule has 4 heteroatoms. The van der Waals surface area contributed by atoms with E-state index in [2.05, 4.69) is 20.1 Å². The lowest BCUT2D eigenvalue weighted by Crippen LogP contribution is -2.17. The Morgan fingerprint density at radius 2 is 2.00 bits per heavy atom. The quantitative estimate of drug-likeness (QED) is 0.352. The van der Waals surface area contributed by atoms with Crippen LogP contribution in [-0.2, 0) is 9.53 Å². The van der Waals surface area contributed by atoms with Crippen molar-refractivity contribution in [3.05, 3.63) is 0 Å². The van der Waals surface area contributed by atoms with Gasteiger partial charge in [-0.15, -0.1) is 0 Å². The molecule has 0 aromatic rings. The van der Waals surface area contributed by atoms with Crippen molar-refractivity contribution >= 4 is 27.6 Å². The van der Waals surface area contributed by atoms with E-state index in [-0.39, 0.29) is 5.97 Å². The first-order valence-electron chi connectivity index (χ1n) is 5.95. The first-order chi connectivity index (χ1) is 7.58. The Labute approximate surface area is 108 Å². The summed E-state index contributed by atoms with van der Waals surface area (Å²) in [5, 5.41) is 0. The van der Waals surface area contributed by atoms with Gasteiger partial charge in [0.25, 0.3) is 0 Å². The van der Waals surface area contributed by atoms with Gasteiger partial charge >= 0.3 is 5.97 Å². The number of carbonyl (C=O) groups excluding carboxylic acids is 1. The number of carbonyl (C=O) groups is 1. The maximum absolute atomic E-state index is 11.1. The third-order valence-corrected chi connectivity index (χ3v) is 5.44. The molecule has 0 fully saturated rings. The number of esters is 1. The average Bonchev–Trinajstić information content (AvgIpc) is 2.25. The van der Waals surface area contributed by atoms with Crippen molar-refractivity contribution in [1.82, 2.24) is 0 Å². The van der Waals surface area contributed by atoms with Crippen LogP contribution in [-0.4, -0.2) is 23.6 Å². The van der Waals surface area contributed by atoms with E-state index in [0.717, 1.165) is 12.8 Å². The fourth-order valence-electron chi connectivity index (χ4n) is 1.48. The molecule has 16 heavy (non-hydrogen) atoms. The summed E-state index contributed by atoms with van der Waals surface area (Å²) in [5.41, 5.74) is 0. The molecule has 0 aliphatic rings. The number of ether oxygens (including phenoxy) is 1. The summed E-state index contributed by atoms with van der Waals surface area (Å²) in [6, 6.07) is 0. The second kappa shape index (κ2) is 9.23. The van der Waals surface area contributed by atoms with Gasteiger partial charge < -0.3 is 4.74 Å².